The zero-order valence-electron chi connectivity index (χ0n) is 73.4. The summed E-state index contributed by atoms with van der Waals surface area (Å²) in [6, 6.07) is 20.6. The van der Waals surface area contributed by atoms with Gasteiger partial charge in [0.05, 0.1) is 214 Å². The van der Waals surface area contributed by atoms with Crippen LogP contribution in [0.4, 0.5) is 17.1 Å². The number of carbonyl (C=O) groups is 11. The molecule has 1 N–H and O–H groups in total. The van der Waals surface area contributed by atoms with Crippen LogP contribution < -0.4 is 34.1 Å². The first kappa shape index (κ1) is 121. The Morgan fingerprint density at radius 2 is 0.627 bits per heavy atom. The number of benzene rings is 6. The standard InChI is InChI=1S/C18H23B3N2O7S.C13H15B2NO6S.2C12H13BO7S.2C11H13BO6S/c1-10(24)22(3)16-12(7-19)15(18(26)30-5-6-31(27,28)29)13(8-20)17(14(16)9-21)23(4)11(2)25;1-8(17)16-12-5-11(9(6-14)4-10(12)7-15)13(18)22-2-3-23(19,20)21;1-8(14)20-11-6-9(2-3-10(11)7-13)12(15)19-4-5-21(16,17)18;1-8(14)20-11-6-9(7-13)2-3-10(11)12(15)19-4-5-21(16,17)18;1-17-10-6-8(2-3-9(10)7-12)11(13)18-4-5-19(14,15)16;1-17-10-6-8(7-12)2-3-9(10)11(13)18-4-5-19(14,15)16/h5-9H2,1-4H3,(H,27,28,29);4-5H,2-3,6-7H2,1H3,(H,16,17)(H,19,20,21);2*2-3,6H,4-5,7H2,1H3,(H,16,17,18);2*2-3,6H,4-5,7H2,1H3,(H,14,15,16)/p-6. The second-order valence-corrected chi connectivity index (χ2v) is 35.8. The van der Waals surface area contributed by atoms with E-state index in [0.717, 1.165) is 18.1 Å². The van der Waals surface area contributed by atoms with Gasteiger partial charge in [-0.05, 0) is 93.5 Å². The van der Waals surface area contributed by atoms with Crippen molar-refractivity contribution in [2.75, 3.05) is 118 Å². The average Bonchev–Trinajstić information content (AvgIpc) is 0.743. The Bertz CT molecular complexity index is 5850. The highest BCUT2D eigenvalue weighted by Crippen LogP contribution is 2.41. The average molecular weight is 1970 g/mol. The van der Waals surface area contributed by atoms with E-state index in [1.807, 2.05) is 0 Å². The summed E-state index contributed by atoms with van der Waals surface area (Å²) in [4.78, 5) is 132. The zero-order valence-corrected chi connectivity index (χ0v) is 78.3. The minimum Gasteiger partial charge on any atom is -0.748 e. The van der Waals surface area contributed by atoms with Gasteiger partial charge in [0.2, 0.25) is 17.7 Å². The Morgan fingerprint density at radius 1 is 0.321 bits per heavy atom. The van der Waals surface area contributed by atoms with Crippen molar-refractivity contribution in [2.45, 2.75) is 91.5 Å². The SMILES string of the molecule is [B]Cc1c(C(=O)OCCS(=O)(=O)[O-])c(C[B])c(N(C)C(C)=O)c(C[B])c1N(C)C(C)=O.[B]Cc1cc(C[B])c(C(=O)OCCS(=O)(=O)[O-])cc1NC(C)=O.[B]Cc1ccc(C(=O)OCCS(=O)(=O)[O-])c(OC(C)=O)c1.[B]Cc1ccc(C(=O)OCCS(=O)(=O)[O-])c(OC)c1.[B]Cc1ccc(C(=O)OCCS(=O)(=O)[O-])cc1OC.[B]Cc1ccc(C(=O)OCCS(=O)(=O)[O-])cc1OC(C)=O. The van der Waals surface area contributed by atoms with E-state index >= 15 is 0 Å². The van der Waals surface area contributed by atoms with E-state index in [-0.39, 0.29) is 130 Å². The number of hydrogen-bond donors (Lipinski definition) is 1. The monoisotopic (exact) mass is 1970 g/mol. The molecule has 710 valence electrons. The van der Waals surface area contributed by atoms with E-state index in [9.17, 15) is 131 Å². The summed E-state index contributed by atoms with van der Waals surface area (Å²) in [5, 5.41) is 2.54. The molecule has 0 bridgehead atoms. The van der Waals surface area contributed by atoms with Gasteiger partial charge in [-0.15, -0.1) is 0 Å². The maximum Gasteiger partial charge on any atom is 0.341 e. The van der Waals surface area contributed by atoms with Crippen LogP contribution in [-0.4, -0.2) is 316 Å². The summed E-state index contributed by atoms with van der Waals surface area (Å²) in [6.45, 7) is 2.89. The summed E-state index contributed by atoms with van der Waals surface area (Å²) < 4.78 is 237. The molecular weight excluding hydrogens is 1880 g/mol. The summed E-state index contributed by atoms with van der Waals surface area (Å²) in [5.74, 6) is -11.5. The number of hydrogen-bond acceptors (Lipinski definition) is 39. The third-order valence-corrected chi connectivity index (χ3v) is 20.9. The molecule has 0 aliphatic carbocycles. The van der Waals surface area contributed by atoms with E-state index in [0.29, 0.717) is 45.6 Å². The lowest BCUT2D eigenvalue weighted by Gasteiger charge is -2.32. The van der Waals surface area contributed by atoms with E-state index in [4.69, 9.17) is 104 Å². The number of carbonyl (C=O) groups excluding carboxylic acids is 11. The molecule has 3 amide bonds. The number of rotatable bonds is 40. The summed E-state index contributed by atoms with van der Waals surface area (Å²) in [5.41, 5.74) is 5.45. The lowest BCUT2D eigenvalue weighted by Crippen LogP contribution is -2.32. The van der Waals surface area contributed by atoms with Crippen molar-refractivity contribution in [3.63, 3.8) is 0 Å². The largest absolute Gasteiger partial charge is 0.748 e. The van der Waals surface area contributed by atoms with E-state index in [1.165, 1.54) is 126 Å². The van der Waals surface area contributed by atoms with Gasteiger partial charge in [-0.25, -0.2) is 79.3 Å². The molecule has 0 fully saturated rings. The number of nitrogens with zero attached hydrogens (tertiary/aromatic N) is 2. The fourth-order valence-corrected chi connectivity index (χ4v) is 12.3. The molecule has 57 heteroatoms. The van der Waals surface area contributed by atoms with Crippen molar-refractivity contribution in [3.8, 4) is 23.0 Å². The molecule has 134 heavy (non-hydrogen) atoms. The summed E-state index contributed by atoms with van der Waals surface area (Å²) in [6.07, 6.45) is 0.410. The lowest BCUT2D eigenvalue weighted by molar-refractivity contribution is -0.132. The molecule has 0 atom stereocenters. The number of amides is 3. The molecule has 18 radical (unpaired) electrons. The van der Waals surface area contributed by atoms with Crippen LogP contribution in [0.25, 0.3) is 0 Å². The van der Waals surface area contributed by atoms with Crippen LogP contribution >= 0.6 is 0 Å². The van der Waals surface area contributed by atoms with Gasteiger partial charge in [0.15, 0.2) is 0 Å². The molecule has 0 aromatic heterocycles. The molecule has 0 saturated carbocycles. The van der Waals surface area contributed by atoms with Gasteiger partial charge >= 0.3 is 47.8 Å². The normalized spacial score (nSPS) is 11.0. The molecule has 0 spiro atoms. The zero-order chi connectivity index (χ0) is 103. The van der Waals surface area contributed by atoms with Gasteiger partial charge in [0.25, 0.3) is 0 Å². The van der Waals surface area contributed by atoms with Crippen molar-refractivity contribution in [1.82, 2.24) is 0 Å². The third kappa shape index (κ3) is 45.0. The minimum atomic E-state index is -4.61. The van der Waals surface area contributed by atoms with E-state index < -0.39 is 194 Å². The summed E-state index contributed by atoms with van der Waals surface area (Å²) >= 11 is 0. The maximum atomic E-state index is 12.9. The smallest absolute Gasteiger partial charge is 0.341 e. The van der Waals surface area contributed by atoms with Crippen molar-refractivity contribution >= 4 is 214 Å². The number of nitrogens with one attached hydrogen (secondary N) is 1. The number of anilines is 3. The molecule has 0 heterocycles. The lowest BCUT2D eigenvalue weighted by atomic mass is 9.78. The quantitative estimate of drug-likeness (QED) is 0.0161. The van der Waals surface area contributed by atoms with Crippen LogP contribution in [0, 0.1) is 0 Å². The molecule has 6 rings (SSSR count). The van der Waals surface area contributed by atoms with Gasteiger partial charge in [-0.3, -0.25) is 24.0 Å². The molecule has 0 aliphatic heterocycles. The Kier molecular flexibility index (Phi) is 52.2. The Balaban J connectivity index is 0.000000811. The first-order valence-corrected chi connectivity index (χ1v) is 47.7. The predicted octanol–water partition coefficient (Wildman–Crippen LogP) is -0.860. The minimum absolute atomic E-state index is 0.0115. The predicted molar refractivity (Wildman–Crippen MR) is 481 cm³/mol. The molecule has 6 aromatic carbocycles. The van der Waals surface area contributed by atoms with Crippen molar-refractivity contribution in [2.24, 2.45) is 0 Å². The van der Waals surface area contributed by atoms with Crippen LogP contribution in [-0.2, 0) is 170 Å². The molecule has 42 nitrogen and oxygen atoms in total. The van der Waals surface area contributed by atoms with Gasteiger partial charge in [0, 0.05) is 54.4 Å². The second-order valence-electron chi connectivity index (χ2n) is 26.6. The van der Waals surface area contributed by atoms with Crippen LogP contribution in [0.15, 0.2) is 84.9 Å². The highest BCUT2D eigenvalue weighted by atomic mass is 32.2. The highest BCUT2D eigenvalue weighted by molar-refractivity contribution is 7.86. The van der Waals surface area contributed by atoms with Gasteiger partial charge < -0.3 is 89.8 Å². The van der Waals surface area contributed by atoms with Crippen LogP contribution in [0.5, 0.6) is 23.0 Å². The van der Waals surface area contributed by atoms with E-state index in [2.05, 4.69) is 19.5 Å². The molecule has 0 aliphatic rings. The molecule has 6 aromatic rings. The van der Waals surface area contributed by atoms with Crippen molar-refractivity contribution in [3.05, 3.63) is 168 Å². The fourth-order valence-electron chi connectivity index (χ4n) is 10.6. The molecule has 0 saturated heterocycles. The Hall–Kier alpha value is -10.9. The molecular formula is C77H84B9N3O39S6-6. The first-order chi connectivity index (χ1) is 62.2. The van der Waals surface area contributed by atoms with Gasteiger partial charge in [0.1, 0.15) is 73.8 Å². The Labute approximate surface area is 787 Å². The van der Waals surface area contributed by atoms with Gasteiger partial charge in [-0.2, -0.15) is 0 Å². The number of ether oxygens (including phenoxy) is 10. The maximum absolute atomic E-state index is 12.9. The molecule has 0 unspecified atom stereocenters. The second kappa shape index (κ2) is 57.8. The van der Waals surface area contributed by atoms with Gasteiger partial charge in [-0.1, -0.05) is 98.3 Å². The number of methoxy groups -OCH3 is 2. The van der Waals surface area contributed by atoms with Crippen molar-refractivity contribution < 1.29 is 178 Å². The summed E-state index contributed by atoms with van der Waals surface area (Å²) in [7, 11) is 29.7. The highest BCUT2D eigenvalue weighted by Gasteiger charge is 2.32. The fraction of sp³-hybridized carbons (Fsp3) is 0.390. The first-order valence-electron chi connectivity index (χ1n) is 38.2. The number of esters is 8. The topological polar surface area (TPSA) is 642 Å². The Morgan fingerprint density at radius 3 is 0.933 bits per heavy atom. The van der Waals surface area contributed by atoms with E-state index in [1.54, 1.807) is 24.3 Å². The van der Waals surface area contributed by atoms with Crippen LogP contribution in [0.1, 0.15) is 147 Å². The van der Waals surface area contributed by atoms with Crippen LogP contribution in [0.2, 0.25) is 0 Å². The third-order valence-electron chi connectivity index (χ3n) is 16.9. The van der Waals surface area contributed by atoms with Crippen molar-refractivity contribution in [1.29, 1.82) is 0 Å². The van der Waals surface area contributed by atoms with Crippen LogP contribution in [0.3, 0.4) is 0 Å².